The summed E-state index contributed by atoms with van der Waals surface area (Å²) in [4.78, 5) is 19.9. The molecule has 19 heavy (non-hydrogen) atoms. The first-order chi connectivity index (χ1) is 9.15. The predicted octanol–water partition coefficient (Wildman–Crippen LogP) is 3.36. The zero-order chi connectivity index (χ0) is 13.4. The lowest BCUT2D eigenvalue weighted by atomic mass is 10.1. The topological polar surface area (TPSA) is 63.1 Å². The molecule has 0 bridgehead atoms. The summed E-state index contributed by atoms with van der Waals surface area (Å²) in [5.74, 6) is -0.946. The number of carbonyl (C=O) groups is 1. The molecule has 1 N–H and O–H groups in total. The number of nitrogens with zero attached hydrogens (tertiary/aromatic N) is 2. The predicted molar refractivity (Wildman–Crippen MR) is 74.5 cm³/mol. The molecule has 2 aromatic heterocycles. The van der Waals surface area contributed by atoms with Gasteiger partial charge in [0, 0.05) is 16.6 Å². The molecular formula is C14H10N2O2S. The van der Waals surface area contributed by atoms with Gasteiger partial charge in [-0.2, -0.15) is 0 Å². The highest BCUT2D eigenvalue weighted by molar-refractivity contribution is 7.16. The number of aryl methyl sites for hydroxylation is 1. The van der Waals surface area contributed by atoms with Crippen molar-refractivity contribution in [3.63, 3.8) is 0 Å². The monoisotopic (exact) mass is 270 g/mol. The van der Waals surface area contributed by atoms with Crippen molar-refractivity contribution in [2.75, 3.05) is 0 Å². The van der Waals surface area contributed by atoms with Crippen LogP contribution in [-0.2, 0) is 0 Å². The molecule has 2 heterocycles. The van der Waals surface area contributed by atoms with Crippen molar-refractivity contribution in [1.82, 2.24) is 9.97 Å². The van der Waals surface area contributed by atoms with Gasteiger partial charge in [-0.25, -0.2) is 9.78 Å². The fourth-order valence-corrected chi connectivity index (χ4v) is 2.77. The minimum atomic E-state index is -0.946. The molecule has 3 rings (SSSR count). The lowest BCUT2D eigenvalue weighted by molar-refractivity contribution is 0.0702. The van der Waals surface area contributed by atoms with Gasteiger partial charge in [-0.15, -0.1) is 11.3 Å². The minimum Gasteiger partial charge on any atom is -0.477 e. The van der Waals surface area contributed by atoms with Crippen molar-refractivity contribution in [1.29, 1.82) is 0 Å². The van der Waals surface area contributed by atoms with Gasteiger partial charge in [0.25, 0.3) is 0 Å². The molecule has 0 spiro atoms. The Bertz CT molecular complexity index is 780. The third kappa shape index (κ3) is 2.08. The van der Waals surface area contributed by atoms with E-state index in [0.717, 1.165) is 22.2 Å². The number of hydrogen-bond acceptors (Lipinski definition) is 4. The number of hydrogen-bond donors (Lipinski definition) is 1. The van der Waals surface area contributed by atoms with Gasteiger partial charge in [0.1, 0.15) is 9.88 Å². The largest absolute Gasteiger partial charge is 0.477 e. The molecule has 0 amide bonds. The number of aromatic carboxylic acids is 1. The van der Waals surface area contributed by atoms with Crippen LogP contribution in [-0.4, -0.2) is 21.0 Å². The second-order valence-electron chi connectivity index (χ2n) is 4.16. The molecule has 0 unspecified atom stereocenters. The van der Waals surface area contributed by atoms with E-state index in [9.17, 15) is 4.79 Å². The normalized spacial score (nSPS) is 10.8. The molecule has 0 radical (unpaired) electrons. The molecule has 5 heteroatoms. The molecule has 94 valence electrons. The number of carboxylic acids is 1. The fourth-order valence-electron chi connectivity index (χ4n) is 1.98. The molecule has 4 nitrogen and oxygen atoms in total. The number of fused-ring (bicyclic) bond motifs is 1. The summed E-state index contributed by atoms with van der Waals surface area (Å²) in [6.45, 7) is 1.92. The SMILES string of the molecule is Cc1cc(-c2ncc(C(=O)O)s2)c2ccccc2n1. The summed E-state index contributed by atoms with van der Waals surface area (Å²) in [6, 6.07) is 9.72. The van der Waals surface area contributed by atoms with E-state index in [1.165, 1.54) is 17.5 Å². The van der Waals surface area contributed by atoms with Gasteiger partial charge in [0.15, 0.2) is 0 Å². The van der Waals surface area contributed by atoms with Crippen LogP contribution in [0.3, 0.4) is 0 Å². The lowest BCUT2D eigenvalue weighted by Gasteiger charge is -2.04. The van der Waals surface area contributed by atoms with Crippen LogP contribution in [0.25, 0.3) is 21.5 Å². The second kappa shape index (κ2) is 4.44. The number of pyridine rings is 1. The standard InChI is InChI=1S/C14H10N2O2S/c1-8-6-10(9-4-2-3-5-11(9)16-8)13-15-7-12(19-13)14(17)18/h2-7H,1H3,(H,17,18). The summed E-state index contributed by atoms with van der Waals surface area (Å²) in [5.41, 5.74) is 2.71. The Kier molecular flexibility index (Phi) is 2.76. The maximum absolute atomic E-state index is 10.9. The quantitative estimate of drug-likeness (QED) is 0.775. The average Bonchev–Trinajstić information content (AvgIpc) is 2.87. The van der Waals surface area contributed by atoms with Gasteiger partial charge in [0.05, 0.1) is 11.7 Å². The number of para-hydroxylation sites is 1. The van der Waals surface area contributed by atoms with Crippen molar-refractivity contribution in [2.24, 2.45) is 0 Å². The summed E-state index contributed by atoms with van der Waals surface area (Å²) in [7, 11) is 0. The Morgan fingerprint density at radius 1 is 1.32 bits per heavy atom. The Labute approximate surface area is 113 Å². The van der Waals surface area contributed by atoms with Crippen LogP contribution in [0, 0.1) is 6.92 Å². The molecule has 0 fully saturated rings. The highest BCUT2D eigenvalue weighted by Crippen LogP contribution is 2.31. The summed E-state index contributed by atoms with van der Waals surface area (Å²) >= 11 is 1.18. The van der Waals surface area contributed by atoms with E-state index in [-0.39, 0.29) is 4.88 Å². The first-order valence-electron chi connectivity index (χ1n) is 5.71. The molecule has 0 aliphatic heterocycles. The highest BCUT2D eigenvalue weighted by Gasteiger charge is 2.13. The highest BCUT2D eigenvalue weighted by atomic mass is 32.1. The summed E-state index contributed by atoms with van der Waals surface area (Å²) in [6.07, 6.45) is 1.40. The van der Waals surface area contributed by atoms with E-state index in [1.54, 1.807) is 0 Å². The Morgan fingerprint density at radius 3 is 2.84 bits per heavy atom. The first kappa shape index (κ1) is 11.8. The van der Waals surface area contributed by atoms with Gasteiger partial charge in [0.2, 0.25) is 0 Å². The van der Waals surface area contributed by atoms with Crippen LogP contribution >= 0.6 is 11.3 Å². The van der Waals surface area contributed by atoms with E-state index in [0.29, 0.717) is 5.01 Å². The van der Waals surface area contributed by atoms with Crippen LogP contribution in [0.2, 0.25) is 0 Å². The molecule has 1 aromatic carbocycles. The van der Waals surface area contributed by atoms with E-state index >= 15 is 0 Å². The van der Waals surface area contributed by atoms with Crippen LogP contribution in [0.15, 0.2) is 36.5 Å². The van der Waals surface area contributed by atoms with Gasteiger partial charge in [-0.05, 0) is 19.1 Å². The number of benzene rings is 1. The Morgan fingerprint density at radius 2 is 2.11 bits per heavy atom. The zero-order valence-electron chi connectivity index (χ0n) is 10.1. The minimum absolute atomic E-state index is 0.244. The van der Waals surface area contributed by atoms with Crippen molar-refractivity contribution in [2.45, 2.75) is 6.92 Å². The number of carboxylic acid groups (broad SMARTS) is 1. The van der Waals surface area contributed by atoms with Gasteiger partial charge in [-0.3, -0.25) is 4.98 Å². The number of aromatic nitrogens is 2. The lowest BCUT2D eigenvalue weighted by Crippen LogP contribution is -1.89. The molecular weight excluding hydrogens is 260 g/mol. The number of rotatable bonds is 2. The maximum Gasteiger partial charge on any atom is 0.347 e. The molecule has 0 saturated heterocycles. The molecule has 0 saturated carbocycles. The van der Waals surface area contributed by atoms with E-state index in [2.05, 4.69) is 9.97 Å². The Balaban J connectivity index is 2.26. The summed E-state index contributed by atoms with van der Waals surface area (Å²) < 4.78 is 0. The van der Waals surface area contributed by atoms with Crippen molar-refractivity contribution in [3.8, 4) is 10.6 Å². The van der Waals surface area contributed by atoms with Gasteiger partial charge in [-0.1, -0.05) is 18.2 Å². The molecule has 0 atom stereocenters. The molecule has 0 aliphatic carbocycles. The summed E-state index contributed by atoms with van der Waals surface area (Å²) in [5, 5.41) is 10.7. The first-order valence-corrected chi connectivity index (χ1v) is 6.52. The average molecular weight is 270 g/mol. The van der Waals surface area contributed by atoms with E-state index in [1.807, 2.05) is 37.3 Å². The van der Waals surface area contributed by atoms with Crippen LogP contribution in [0.1, 0.15) is 15.4 Å². The second-order valence-corrected chi connectivity index (χ2v) is 5.19. The van der Waals surface area contributed by atoms with Gasteiger partial charge < -0.3 is 5.11 Å². The van der Waals surface area contributed by atoms with Crippen LogP contribution in [0.4, 0.5) is 0 Å². The molecule has 3 aromatic rings. The van der Waals surface area contributed by atoms with E-state index < -0.39 is 5.97 Å². The maximum atomic E-state index is 10.9. The number of thiazole rings is 1. The van der Waals surface area contributed by atoms with Crippen LogP contribution < -0.4 is 0 Å². The smallest absolute Gasteiger partial charge is 0.347 e. The third-order valence-corrected chi connectivity index (χ3v) is 3.81. The van der Waals surface area contributed by atoms with Crippen molar-refractivity contribution in [3.05, 3.63) is 47.1 Å². The van der Waals surface area contributed by atoms with E-state index in [4.69, 9.17) is 5.11 Å². The third-order valence-electron chi connectivity index (χ3n) is 2.79. The zero-order valence-corrected chi connectivity index (χ0v) is 10.9. The van der Waals surface area contributed by atoms with Crippen molar-refractivity contribution >= 4 is 28.2 Å². The Hall–Kier alpha value is -2.27. The van der Waals surface area contributed by atoms with Gasteiger partial charge >= 0.3 is 5.97 Å². The van der Waals surface area contributed by atoms with Crippen LogP contribution in [0.5, 0.6) is 0 Å². The molecule has 0 aliphatic rings. The van der Waals surface area contributed by atoms with Crippen molar-refractivity contribution < 1.29 is 9.90 Å². The fraction of sp³-hybridized carbons (Fsp3) is 0.0714.